The summed E-state index contributed by atoms with van der Waals surface area (Å²) in [5.41, 5.74) is 1.56. The van der Waals surface area contributed by atoms with E-state index in [9.17, 15) is 0 Å². The van der Waals surface area contributed by atoms with Crippen LogP contribution in [0.1, 0.15) is 74.6 Å². The Labute approximate surface area is 134 Å². The minimum absolute atomic E-state index is 0.176. The third-order valence-electron chi connectivity index (χ3n) is 4.14. The highest BCUT2D eigenvalue weighted by Gasteiger charge is 2.15. The lowest BCUT2D eigenvalue weighted by Gasteiger charge is -2.19. The van der Waals surface area contributed by atoms with Crippen molar-refractivity contribution in [3.8, 4) is 0 Å². The molecule has 1 aromatic rings. The molecule has 21 heavy (non-hydrogen) atoms. The number of aryl methyl sites for hydroxylation is 1. The van der Waals surface area contributed by atoms with Crippen molar-refractivity contribution in [2.24, 2.45) is 0 Å². The van der Waals surface area contributed by atoms with Gasteiger partial charge in [0.1, 0.15) is 0 Å². The Morgan fingerprint density at radius 3 is 2.48 bits per heavy atom. The van der Waals surface area contributed by atoms with Crippen LogP contribution >= 0.6 is 11.3 Å². The van der Waals surface area contributed by atoms with Crippen molar-refractivity contribution in [2.45, 2.75) is 91.0 Å². The molecule has 0 saturated heterocycles. The van der Waals surface area contributed by atoms with Crippen LogP contribution in [0.25, 0.3) is 0 Å². The maximum atomic E-state index is 6.17. The van der Waals surface area contributed by atoms with Gasteiger partial charge in [-0.15, -0.1) is 11.3 Å². The number of thiophene rings is 1. The molecule has 120 valence electrons. The Kier molecular flexibility index (Phi) is 6.27. The quantitative estimate of drug-likeness (QED) is 0.756. The zero-order valence-corrected chi connectivity index (χ0v) is 14.9. The van der Waals surface area contributed by atoms with E-state index in [1.807, 2.05) is 11.3 Å². The summed E-state index contributed by atoms with van der Waals surface area (Å²) in [4.78, 5) is 2.83. The summed E-state index contributed by atoms with van der Waals surface area (Å²) in [6.45, 7) is 10.6. The SMILES string of the molecule is Cc1sc(CNC(C)(C)C)cc1COC1CCCCCC1. The Bertz CT molecular complexity index is 425. The summed E-state index contributed by atoms with van der Waals surface area (Å²) in [5, 5.41) is 3.56. The van der Waals surface area contributed by atoms with Crippen LogP contribution in [0.4, 0.5) is 0 Å². The number of hydrogen-bond acceptors (Lipinski definition) is 3. The molecule has 0 unspecified atom stereocenters. The fraction of sp³-hybridized carbons (Fsp3) is 0.778. The summed E-state index contributed by atoms with van der Waals surface area (Å²) < 4.78 is 6.17. The third-order valence-corrected chi connectivity index (χ3v) is 5.23. The molecule has 1 saturated carbocycles. The van der Waals surface area contributed by atoms with Gasteiger partial charge in [0.15, 0.2) is 0 Å². The molecule has 1 aliphatic rings. The maximum Gasteiger partial charge on any atom is 0.0731 e. The average molecular weight is 310 g/mol. The minimum atomic E-state index is 0.176. The predicted octanol–water partition coefficient (Wildman–Crippen LogP) is 5.18. The third kappa shape index (κ3) is 6.09. The molecule has 0 atom stereocenters. The highest BCUT2D eigenvalue weighted by atomic mass is 32.1. The van der Waals surface area contributed by atoms with Gasteiger partial charge in [-0.05, 0) is 52.2 Å². The van der Waals surface area contributed by atoms with E-state index in [4.69, 9.17) is 4.74 Å². The van der Waals surface area contributed by atoms with Crippen LogP contribution < -0.4 is 5.32 Å². The molecular formula is C18H31NOS. The van der Waals surface area contributed by atoms with E-state index >= 15 is 0 Å². The molecule has 0 amide bonds. The highest BCUT2D eigenvalue weighted by Crippen LogP contribution is 2.25. The summed E-state index contributed by atoms with van der Waals surface area (Å²) in [5.74, 6) is 0. The fourth-order valence-corrected chi connectivity index (χ4v) is 3.77. The lowest BCUT2D eigenvalue weighted by Crippen LogP contribution is -2.34. The lowest BCUT2D eigenvalue weighted by atomic mass is 10.1. The second-order valence-corrected chi connectivity index (χ2v) is 8.66. The van der Waals surface area contributed by atoms with E-state index < -0.39 is 0 Å². The molecule has 0 aromatic carbocycles. The van der Waals surface area contributed by atoms with Crippen molar-refractivity contribution in [1.29, 1.82) is 0 Å². The standard InChI is InChI=1S/C18H31NOS/c1-14-15(11-17(21-14)12-19-18(2,3)4)13-20-16-9-7-5-6-8-10-16/h11,16,19H,5-10,12-13H2,1-4H3. The number of nitrogens with one attached hydrogen (secondary N) is 1. The zero-order valence-electron chi connectivity index (χ0n) is 14.1. The molecule has 1 aliphatic carbocycles. The van der Waals surface area contributed by atoms with Crippen molar-refractivity contribution >= 4 is 11.3 Å². The first-order valence-corrected chi connectivity index (χ1v) is 9.20. The molecule has 0 bridgehead atoms. The first kappa shape index (κ1) is 17.0. The summed E-state index contributed by atoms with van der Waals surface area (Å²) in [6.07, 6.45) is 8.45. The minimum Gasteiger partial charge on any atom is -0.374 e. The van der Waals surface area contributed by atoms with Gasteiger partial charge in [0.05, 0.1) is 12.7 Å². The van der Waals surface area contributed by atoms with Gasteiger partial charge in [0.2, 0.25) is 0 Å². The molecule has 2 nitrogen and oxygen atoms in total. The Morgan fingerprint density at radius 1 is 1.19 bits per heavy atom. The normalized spacial score (nSPS) is 17.9. The van der Waals surface area contributed by atoms with Gasteiger partial charge in [0.25, 0.3) is 0 Å². The van der Waals surface area contributed by atoms with Crippen LogP contribution in [-0.4, -0.2) is 11.6 Å². The van der Waals surface area contributed by atoms with Gasteiger partial charge in [-0.25, -0.2) is 0 Å². The Morgan fingerprint density at radius 2 is 1.86 bits per heavy atom. The molecule has 0 aliphatic heterocycles. The first-order valence-electron chi connectivity index (χ1n) is 8.39. The zero-order chi connectivity index (χ0) is 15.3. The van der Waals surface area contributed by atoms with Gasteiger partial charge in [-0.3, -0.25) is 0 Å². The van der Waals surface area contributed by atoms with Gasteiger partial charge in [0, 0.05) is 21.8 Å². The van der Waals surface area contributed by atoms with Crippen LogP contribution in [0.15, 0.2) is 6.07 Å². The summed E-state index contributed by atoms with van der Waals surface area (Å²) in [6, 6.07) is 2.33. The van der Waals surface area contributed by atoms with Crippen molar-refractivity contribution in [2.75, 3.05) is 0 Å². The smallest absolute Gasteiger partial charge is 0.0731 e. The second kappa shape index (κ2) is 7.75. The Hall–Kier alpha value is -0.380. The van der Waals surface area contributed by atoms with Crippen molar-refractivity contribution in [3.63, 3.8) is 0 Å². The van der Waals surface area contributed by atoms with E-state index in [2.05, 4.69) is 39.1 Å². The number of rotatable bonds is 5. The van der Waals surface area contributed by atoms with Crippen molar-refractivity contribution in [1.82, 2.24) is 5.32 Å². The van der Waals surface area contributed by atoms with E-state index in [1.165, 1.54) is 53.8 Å². The molecule has 1 fully saturated rings. The molecule has 0 spiro atoms. The van der Waals surface area contributed by atoms with Gasteiger partial charge < -0.3 is 10.1 Å². The molecular weight excluding hydrogens is 278 g/mol. The fourth-order valence-electron chi connectivity index (χ4n) is 2.79. The molecule has 0 radical (unpaired) electrons. The Balaban J connectivity index is 1.84. The van der Waals surface area contributed by atoms with Gasteiger partial charge in [-0.2, -0.15) is 0 Å². The summed E-state index contributed by atoms with van der Waals surface area (Å²) in [7, 11) is 0. The second-order valence-electron chi connectivity index (χ2n) is 7.32. The number of ether oxygens (including phenoxy) is 1. The molecule has 1 aromatic heterocycles. The van der Waals surface area contributed by atoms with Crippen molar-refractivity contribution in [3.05, 3.63) is 21.4 Å². The van der Waals surface area contributed by atoms with Crippen LogP contribution in [0.2, 0.25) is 0 Å². The summed E-state index contributed by atoms with van der Waals surface area (Å²) >= 11 is 1.90. The monoisotopic (exact) mass is 309 g/mol. The molecule has 1 heterocycles. The van der Waals surface area contributed by atoms with E-state index in [0.29, 0.717) is 6.10 Å². The molecule has 2 rings (SSSR count). The number of hydrogen-bond donors (Lipinski definition) is 1. The van der Waals surface area contributed by atoms with Gasteiger partial charge >= 0.3 is 0 Å². The molecule has 1 N–H and O–H groups in total. The predicted molar refractivity (Wildman–Crippen MR) is 91.9 cm³/mol. The van der Waals surface area contributed by atoms with Crippen LogP contribution in [0.3, 0.4) is 0 Å². The van der Waals surface area contributed by atoms with Crippen LogP contribution in [0.5, 0.6) is 0 Å². The topological polar surface area (TPSA) is 21.3 Å². The van der Waals surface area contributed by atoms with E-state index in [1.54, 1.807) is 0 Å². The van der Waals surface area contributed by atoms with Crippen LogP contribution in [0, 0.1) is 6.92 Å². The largest absolute Gasteiger partial charge is 0.374 e. The van der Waals surface area contributed by atoms with E-state index in [0.717, 1.165) is 13.2 Å². The van der Waals surface area contributed by atoms with Gasteiger partial charge in [-0.1, -0.05) is 25.7 Å². The first-order chi connectivity index (χ1) is 9.94. The maximum absolute atomic E-state index is 6.17. The lowest BCUT2D eigenvalue weighted by molar-refractivity contribution is 0.0309. The van der Waals surface area contributed by atoms with E-state index in [-0.39, 0.29) is 5.54 Å². The highest BCUT2D eigenvalue weighted by molar-refractivity contribution is 7.12. The van der Waals surface area contributed by atoms with Crippen LogP contribution in [-0.2, 0) is 17.9 Å². The van der Waals surface area contributed by atoms with Crippen molar-refractivity contribution < 1.29 is 4.74 Å². The average Bonchev–Trinajstić information content (AvgIpc) is 2.62. The molecule has 3 heteroatoms.